The van der Waals surface area contributed by atoms with E-state index >= 15 is 0 Å². The number of hydrogen-bond donors (Lipinski definition) is 2. The summed E-state index contributed by atoms with van der Waals surface area (Å²) < 4.78 is 10.6. The van der Waals surface area contributed by atoms with E-state index in [4.69, 9.17) is 9.47 Å². The van der Waals surface area contributed by atoms with Crippen molar-refractivity contribution in [3.63, 3.8) is 0 Å². The number of carbonyl (C=O) groups excluding carboxylic acids is 1. The largest absolute Gasteiger partial charge is 0.454 e. The number of carbonyl (C=O) groups is 1. The van der Waals surface area contributed by atoms with Crippen molar-refractivity contribution in [1.29, 1.82) is 0 Å². The van der Waals surface area contributed by atoms with Gasteiger partial charge in [0.2, 0.25) is 12.7 Å². The Morgan fingerprint density at radius 2 is 1.77 bits per heavy atom. The van der Waals surface area contributed by atoms with Crippen LogP contribution in [0.4, 0.5) is 11.4 Å². The Bertz CT molecular complexity index is 742. The number of rotatable bonds is 8. The van der Waals surface area contributed by atoms with E-state index in [0.717, 1.165) is 41.5 Å². The molecule has 0 unspecified atom stereocenters. The van der Waals surface area contributed by atoms with Crippen LogP contribution in [0, 0.1) is 0 Å². The third kappa shape index (κ3) is 4.46. The lowest BCUT2D eigenvalue weighted by Gasteiger charge is -2.21. The molecule has 6 heteroatoms. The van der Waals surface area contributed by atoms with Crippen molar-refractivity contribution in [1.82, 2.24) is 5.32 Å². The van der Waals surface area contributed by atoms with Gasteiger partial charge in [0.1, 0.15) is 0 Å². The summed E-state index contributed by atoms with van der Waals surface area (Å²) in [5, 5.41) is 6.05. The molecule has 138 valence electrons. The Kier molecular flexibility index (Phi) is 5.96. The molecule has 0 aromatic heterocycles. The minimum Gasteiger partial charge on any atom is -0.454 e. The highest BCUT2D eigenvalue weighted by molar-refractivity contribution is 5.92. The molecule has 1 heterocycles. The fraction of sp³-hybridized carbons (Fsp3) is 0.350. The van der Waals surface area contributed by atoms with Gasteiger partial charge in [-0.2, -0.15) is 0 Å². The van der Waals surface area contributed by atoms with Crippen molar-refractivity contribution in [3.05, 3.63) is 48.0 Å². The molecule has 0 radical (unpaired) electrons. The van der Waals surface area contributed by atoms with Crippen LogP contribution in [0.1, 0.15) is 19.4 Å². The second kappa shape index (κ2) is 8.58. The Hall–Kier alpha value is -2.73. The Morgan fingerprint density at radius 1 is 1.04 bits per heavy atom. The monoisotopic (exact) mass is 355 g/mol. The van der Waals surface area contributed by atoms with E-state index in [2.05, 4.69) is 29.4 Å². The molecule has 3 rings (SSSR count). The molecule has 2 aromatic carbocycles. The van der Waals surface area contributed by atoms with Gasteiger partial charge in [-0.05, 0) is 55.8 Å². The minimum absolute atomic E-state index is 0.0682. The molecule has 1 aliphatic heterocycles. The highest BCUT2D eigenvalue weighted by Gasteiger charge is 2.13. The van der Waals surface area contributed by atoms with Crippen LogP contribution in [-0.2, 0) is 11.3 Å². The molecule has 1 aliphatic rings. The van der Waals surface area contributed by atoms with Gasteiger partial charge in [0.15, 0.2) is 11.5 Å². The van der Waals surface area contributed by atoms with Crippen LogP contribution in [0.25, 0.3) is 0 Å². The fourth-order valence-corrected chi connectivity index (χ4v) is 2.92. The van der Waals surface area contributed by atoms with Crippen molar-refractivity contribution >= 4 is 17.3 Å². The van der Waals surface area contributed by atoms with Crippen LogP contribution in [0.5, 0.6) is 11.5 Å². The predicted molar refractivity (Wildman–Crippen MR) is 103 cm³/mol. The van der Waals surface area contributed by atoms with E-state index in [1.165, 1.54) is 0 Å². The average molecular weight is 355 g/mol. The van der Waals surface area contributed by atoms with E-state index in [1.807, 2.05) is 42.5 Å². The van der Waals surface area contributed by atoms with E-state index in [9.17, 15) is 4.79 Å². The van der Waals surface area contributed by atoms with Crippen molar-refractivity contribution in [2.24, 2.45) is 0 Å². The maximum absolute atomic E-state index is 12.1. The van der Waals surface area contributed by atoms with Crippen LogP contribution >= 0.6 is 0 Å². The first-order valence-corrected chi connectivity index (χ1v) is 8.93. The summed E-state index contributed by atoms with van der Waals surface area (Å²) in [5.41, 5.74) is 3.01. The predicted octanol–water partition coefficient (Wildman–Crippen LogP) is 2.99. The van der Waals surface area contributed by atoms with Gasteiger partial charge in [-0.15, -0.1) is 0 Å². The van der Waals surface area contributed by atoms with Gasteiger partial charge in [0, 0.05) is 31.0 Å². The number of anilines is 2. The molecule has 2 aromatic rings. The highest BCUT2D eigenvalue weighted by Crippen LogP contribution is 2.32. The molecule has 0 aliphatic carbocycles. The molecule has 0 saturated carbocycles. The summed E-state index contributed by atoms with van der Waals surface area (Å²) in [5.74, 6) is 1.45. The second-order valence-electron chi connectivity index (χ2n) is 6.06. The Labute approximate surface area is 154 Å². The maximum Gasteiger partial charge on any atom is 0.238 e. The van der Waals surface area contributed by atoms with Gasteiger partial charge >= 0.3 is 0 Å². The number of nitrogens with one attached hydrogen (secondary N) is 2. The standard InChI is InChI=1S/C20H25N3O3/c1-3-23(4-2)17-8-6-16(7-9-17)22-20(24)13-21-12-15-5-10-18-19(11-15)26-14-25-18/h5-11,21H,3-4,12-14H2,1-2H3,(H,22,24). The SMILES string of the molecule is CCN(CC)c1ccc(NC(=O)CNCc2ccc3c(c2)OCO3)cc1. The number of fused-ring (bicyclic) bond motifs is 1. The first-order chi connectivity index (χ1) is 12.7. The number of hydrogen-bond acceptors (Lipinski definition) is 5. The van der Waals surface area contributed by atoms with Gasteiger partial charge in [-0.3, -0.25) is 4.79 Å². The maximum atomic E-state index is 12.1. The molecule has 6 nitrogen and oxygen atoms in total. The topological polar surface area (TPSA) is 62.8 Å². The van der Waals surface area contributed by atoms with Gasteiger partial charge in [0.05, 0.1) is 6.54 Å². The van der Waals surface area contributed by atoms with Crippen LogP contribution in [0.3, 0.4) is 0 Å². The lowest BCUT2D eigenvalue weighted by molar-refractivity contribution is -0.115. The Balaban J connectivity index is 1.45. The number of amides is 1. The zero-order valence-corrected chi connectivity index (χ0v) is 15.2. The summed E-state index contributed by atoms with van der Waals surface area (Å²) in [6.45, 7) is 7.28. The molecule has 0 spiro atoms. The summed E-state index contributed by atoms with van der Waals surface area (Å²) >= 11 is 0. The summed E-state index contributed by atoms with van der Waals surface area (Å²) in [6, 6.07) is 13.7. The highest BCUT2D eigenvalue weighted by atomic mass is 16.7. The first-order valence-electron chi connectivity index (χ1n) is 8.93. The second-order valence-corrected chi connectivity index (χ2v) is 6.06. The lowest BCUT2D eigenvalue weighted by Crippen LogP contribution is -2.27. The molecular weight excluding hydrogens is 330 g/mol. The zero-order valence-electron chi connectivity index (χ0n) is 15.2. The molecule has 2 N–H and O–H groups in total. The van der Waals surface area contributed by atoms with Crippen molar-refractivity contribution in [2.75, 3.05) is 36.6 Å². The fourth-order valence-electron chi connectivity index (χ4n) is 2.92. The summed E-state index contributed by atoms with van der Waals surface area (Å²) in [6.07, 6.45) is 0. The Morgan fingerprint density at radius 3 is 2.50 bits per heavy atom. The number of ether oxygens (including phenoxy) is 2. The van der Waals surface area contributed by atoms with Gasteiger partial charge in [-0.1, -0.05) is 6.07 Å². The van der Waals surface area contributed by atoms with Crippen LogP contribution in [0.2, 0.25) is 0 Å². The van der Waals surface area contributed by atoms with Gasteiger partial charge in [-0.25, -0.2) is 0 Å². The van der Waals surface area contributed by atoms with E-state index < -0.39 is 0 Å². The molecular formula is C20H25N3O3. The van der Waals surface area contributed by atoms with E-state index in [-0.39, 0.29) is 19.2 Å². The van der Waals surface area contributed by atoms with Crippen molar-refractivity contribution in [2.45, 2.75) is 20.4 Å². The summed E-state index contributed by atoms with van der Waals surface area (Å²) in [7, 11) is 0. The zero-order chi connectivity index (χ0) is 18.4. The molecule has 0 bridgehead atoms. The molecule has 0 saturated heterocycles. The van der Waals surface area contributed by atoms with E-state index in [1.54, 1.807) is 0 Å². The smallest absolute Gasteiger partial charge is 0.238 e. The van der Waals surface area contributed by atoms with Crippen LogP contribution in [-0.4, -0.2) is 32.3 Å². The summed E-state index contributed by atoms with van der Waals surface area (Å²) in [4.78, 5) is 14.4. The van der Waals surface area contributed by atoms with Crippen LogP contribution in [0.15, 0.2) is 42.5 Å². The van der Waals surface area contributed by atoms with Gasteiger partial charge in [0.25, 0.3) is 0 Å². The van der Waals surface area contributed by atoms with Crippen molar-refractivity contribution < 1.29 is 14.3 Å². The molecule has 0 fully saturated rings. The van der Waals surface area contributed by atoms with Crippen LogP contribution < -0.4 is 25.0 Å². The van der Waals surface area contributed by atoms with E-state index in [0.29, 0.717) is 6.54 Å². The average Bonchev–Trinajstić information content (AvgIpc) is 3.12. The minimum atomic E-state index is -0.0682. The number of nitrogens with zero attached hydrogens (tertiary/aromatic N) is 1. The first kappa shape index (κ1) is 18.1. The molecule has 26 heavy (non-hydrogen) atoms. The third-order valence-corrected chi connectivity index (χ3v) is 4.33. The quantitative estimate of drug-likeness (QED) is 0.762. The molecule has 1 amide bonds. The number of benzene rings is 2. The molecule has 0 atom stereocenters. The normalized spacial score (nSPS) is 12.1. The third-order valence-electron chi connectivity index (χ3n) is 4.33. The van der Waals surface area contributed by atoms with Gasteiger partial charge < -0.3 is 25.0 Å². The van der Waals surface area contributed by atoms with Crippen molar-refractivity contribution in [3.8, 4) is 11.5 Å². The lowest BCUT2D eigenvalue weighted by atomic mass is 10.2.